The normalized spacial score (nSPS) is 11.2. The molecule has 2 amide bonds. The molecule has 0 aliphatic rings. The summed E-state index contributed by atoms with van der Waals surface area (Å²) in [6.45, 7) is 11.8. The van der Waals surface area contributed by atoms with Crippen LogP contribution in [0.3, 0.4) is 0 Å². The van der Waals surface area contributed by atoms with Gasteiger partial charge in [0.25, 0.3) is 0 Å². The van der Waals surface area contributed by atoms with Crippen molar-refractivity contribution >= 4 is 34.2 Å². The standard InChI is InChI=1S/C24H36N4O5S/c1-17-18(2)34-22(27-17)26-16-19-8-6-7-9-20(19)28-21(29)10-12-31-14-15-32-13-11-25-23(30)33-24(3,4)5/h6-9H,10-16H2,1-5H3,(H,25,30)(H,26,27)(H,28,29). The van der Waals surface area contributed by atoms with Crippen molar-refractivity contribution in [2.45, 2.75) is 53.2 Å². The van der Waals surface area contributed by atoms with Gasteiger partial charge < -0.3 is 30.2 Å². The van der Waals surface area contributed by atoms with Gasteiger partial charge >= 0.3 is 6.09 Å². The second-order valence-corrected chi connectivity index (χ2v) is 9.83. The minimum Gasteiger partial charge on any atom is -0.444 e. The van der Waals surface area contributed by atoms with E-state index >= 15 is 0 Å². The number of hydrogen-bond acceptors (Lipinski definition) is 8. The van der Waals surface area contributed by atoms with E-state index in [0.29, 0.717) is 39.5 Å². The molecule has 10 heteroatoms. The summed E-state index contributed by atoms with van der Waals surface area (Å²) in [6, 6.07) is 7.69. The number of aromatic nitrogens is 1. The third-order valence-corrected chi connectivity index (χ3v) is 5.54. The Morgan fingerprint density at radius 3 is 2.41 bits per heavy atom. The molecule has 0 fully saturated rings. The molecule has 3 N–H and O–H groups in total. The molecule has 1 aromatic heterocycles. The molecule has 0 radical (unpaired) electrons. The SMILES string of the molecule is Cc1nc(NCc2ccccc2NC(=O)CCOCCOCCNC(=O)OC(C)(C)C)sc1C. The molecule has 1 heterocycles. The van der Waals surface area contributed by atoms with Gasteiger partial charge in [-0.05, 0) is 46.2 Å². The van der Waals surface area contributed by atoms with Gasteiger partial charge in [0.15, 0.2) is 5.13 Å². The van der Waals surface area contributed by atoms with E-state index in [-0.39, 0.29) is 12.3 Å². The number of alkyl carbamates (subject to hydrolysis) is 1. The number of nitrogens with zero attached hydrogens (tertiary/aromatic N) is 1. The van der Waals surface area contributed by atoms with Gasteiger partial charge in [-0.25, -0.2) is 9.78 Å². The molecule has 34 heavy (non-hydrogen) atoms. The van der Waals surface area contributed by atoms with Gasteiger partial charge in [0.1, 0.15) is 5.60 Å². The zero-order valence-corrected chi connectivity index (χ0v) is 21.5. The van der Waals surface area contributed by atoms with Crippen molar-refractivity contribution in [3.63, 3.8) is 0 Å². The van der Waals surface area contributed by atoms with Crippen molar-refractivity contribution in [2.24, 2.45) is 0 Å². The average molecular weight is 493 g/mol. The quantitative estimate of drug-likeness (QED) is 0.358. The first-order valence-electron chi connectivity index (χ1n) is 11.3. The first-order valence-corrected chi connectivity index (χ1v) is 12.1. The first kappa shape index (κ1) is 27.6. The molecule has 0 aliphatic heterocycles. The van der Waals surface area contributed by atoms with E-state index in [1.807, 2.05) is 58.9 Å². The highest BCUT2D eigenvalue weighted by molar-refractivity contribution is 7.15. The molecule has 2 aromatic rings. The zero-order chi connectivity index (χ0) is 25.0. The molecule has 0 saturated heterocycles. The van der Waals surface area contributed by atoms with Crippen molar-refractivity contribution in [3.8, 4) is 0 Å². The fraction of sp³-hybridized carbons (Fsp3) is 0.542. The highest BCUT2D eigenvalue weighted by Gasteiger charge is 2.15. The van der Waals surface area contributed by atoms with E-state index < -0.39 is 11.7 Å². The number of ether oxygens (including phenoxy) is 3. The summed E-state index contributed by atoms with van der Waals surface area (Å²) in [5, 5.41) is 9.76. The van der Waals surface area contributed by atoms with Crippen LogP contribution in [0.5, 0.6) is 0 Å². The van der Waals surface area contributed by atoms with Gasteiger partial charge in [-0.3, -0.25) is 4.79 Å². The Morgan fingerprint density at radius 2 is 1.74 bits per heavy atom. The second kappa shape index (κ2) is 13.9. The smallest absolute Gasteiger partial charge is 0.407 e. The molecule has 0 atom stereocenters. The fourth-order valence-electron chi connectivity index (χ4n) is 2.75. The lowest BCUT2D eigenvalue weighted by Crippen LogP contribution is -2.34. The number of carbonyl (C=O) groups is 2. The predicted octanol–water partition coefficient (Wildman–Crippen LogP) is 4.26. The van der Waals surface area contributed by atoms with Crippen LogP contribution in [0.25, 0.3) is 0 Å². The Labute approximate surface area is 205 Å². The summed E-state index contributed by atoms with van der Waals surface area (Å²) in [7, 11) is 0. The Balaban J connectivity index is 1.58. The average Bonchev–Trinajstić information content (AvgIpc) is 3.08. The number of hydrogen-bond donors (Lipinski definition) is 3. The van der Waals surface area contributed by atoms with Crippen molar-refractivity contribution in [1.29, 1.82) is 0 Å². The predicted molar refractivity (Wildman–Crippen MR) is 134 cm³/mol. The lowest BCUT2D eigenvalue weighted by Gasteiger charge is -2.19. The topological polar surface area (TPSA) is 111 Å². The maximum absolute atomic E-state index is 12.3. The molecule has 0 unspecified atom stereocenters. The van der Waals surface area contributed by atoms with Gasteiger partial charge in [0, 0.05) is 23.7 Å². The lowest BCUT2D eigenvalue weighted by atomic mass is 10.1. The highest BCUT2D eigenvalue weighted by atomic mass is 32.1. The zero-order valence-electron chi connectivity index (χ0n) is 20.7. The van der Waals surface area contributed by atoms with E-state index in [2.05, 4.69) is 20.9 Å². The molecule has 1 aromatic carbocycles. The third-order valence-electron chi connectivity index (χ3n) is 4.51. The van der Waals surface area contributed by atoms with Crippen LogP contribution in [0.1, 0.15) is 43.3 Å². The van der Waals surface area contributed by atoms with Crippen LogP contribution in [-0.4, -0.2) is 55.6 Å². The van der Waals surface area contributed by atoms with Crippen molar-refractivity contribution < 1.29 is 23.8 Å². The summed E-state index contributed by atoms with van der Waals surface area (Å²) in [5.74, 6) is -0.115. The number of para-hydroxylation sites is 1. The molecule has 9 nitrogen and oxygen atoms in total. The summed E-state index contributed by atoms with van der Waals surface area (Å²) in [4.78, 5) is 29.5. The van der Waals surface area contributed by atoms with E-state index in [1.54, 1.807) is 11.3 Å². The number of benzene rings is 1. The summed E-state index contributed by atoms with van der Waals surface area (Å²) >= 11 is 1.62. The lowest BCUT2D eigenvalue weighted by molar-refractivity contribution is -0.117. The number of aryl methyl sites for hydroxylation is 2. The number of anilines is 2. The number of nitrogens with one attached hydrogen (secondary N) is 3. The summed E-state index contributed by atoms with van der Waals surface area (Å²) < 4.78 is 16.0. The highest BCUT2D eigenvalue weighted by Crippen LogP contribution is 2.23. The minimum absolute atomic E-state index is 0.115. The van der Waals surface area contributed by atoms with Crippen LogP contribution in [0, 0.1) is 13.8 Å². The van der Waals surface area contributed by atoms with Crippen molar-refractivity contribution in [1.82, 2.24) is 10.3 Å². The van der Waals surface area contributed by atoms with Crippen LogP contribution in [0.15, 0.2) is 24.3 Å². The Hall–Kier alpha value is -2.69. The van der Waals surface area contributed by atoms with E-state index in [9.17, 15) is 9.59 Å². The fourth-order valence-corrected chi connectivity index (χ4v) is 3.56. The van der Waals surface area contributed by atoms with Crippen molar-refractivity contribution in [3.05, 3.63) is 40.4 Å². The second-order valence-electron chi connectivity index (χ2n) is 8.62. The maximum Gasteiger partial charge on any atom is 0.407 e. The molecule has 0 aliphatic carbocycles. The molecular weight excluding hydrogens is 456 g/mol. The van der Waals surface area contributed by atoms with E-state index in [1.165, 1.54) is 4.88 Å². The molecule has 2 rings (SSSR count). The number of amides is 2. The van der Waals surface area contributed by atoms with Crippen LogP contribution < -0.4 is 16.0 Å². The number of thiazole rings is 1. The summed E-state index contributed by atoms with van der Waals surface area (Å²) in [5.41, 5.74) is 2.25. The molecular formula is C24H36N4O5S. The molecule has 0 spiro atoms. The first-order chi connectivity index (χ1) is 16.1. The van der Waals surface area contributed by atoms with Gasteiger partial charge in [-0.15, -0.1) is 11.3 Å². The molecule has 0 bridgehead atoms. The maximum atomic E-state index is 12.3. The van der Waals surface area contributed by atoms with E-state index in [4.69, 9.17) is 14.2 Å². The van der Waals surface area contributed by atoms with Gasteiger partial charge in [-0.2, -0.15) is 0 Å². The van der Waals surface area contributed by atoms with Crippen LogP contribution in [0.4, 0.5) is 15.6 Å². The molecule has 188 valence electrons. The largest absolute Gasteiger partial charge is 0.444 e. The Morgan fingerprint density at radius 1 is 1.03 bits per heavy atom. The van der Waals surface area contributed by atoms with Crippen LogP contribution in [0.2, 0.25) is 0 Å². The summed E-state index contributed by atoms with van der Waals surface area (Å²) in [6.07, 6.45) is -0.226. The van der Waals surface area contributed by atoms with E-state index in [0.717, 1.165) is 22.1 Å². The van der Waals surface area contributed by atoms with Crippen LogP contribution >= 0.6 is 11.3 Å². The number of rotatable bonds is 13. The minimum atomic E-state index is -0.524. The third kappa shape index (κ3) is 11.0. The van der Waals surface area contributed by atoms with Gasteiger partial charge in [-0.1, -0.05) is 18.2 Å². The van der Waals surface area contributed by atoms with Gasteiger partial charge in [0.2, 0.25) is 5.91 Å². The monoisotopic (exact) mass is 492 g/mol. The molecule has 0 saturated carbocycles. The van der Waals surface area contributed by atoms with Crippen LogP contribution in [-0.2, 0) is 25.5 Å². The van der Waals surface area contributed by atoms with Crippen molar-refractivity contribution in [2.75, 3.05) is 43.6 Å². The van der Waals surface area contributed by atoms with Gasteiger partial charge in [0.05, 0.1) is 38.5 Å². The number of carbonyl (C=O) groups excluding carboxylic acids is 2. The Kier molecular flexibility index (Phi) is 11.2. The Bertz CT molecular complexity index is 907.